The van der Waals surface area contributed by atoms with Gasteiger partial charge in [0, 0.05) is 34.3 Å². The van der Waals surface area contributed by atoms with Gasteiger partial charge in [-0.15, -0.1) is 10.2 Å². The summed E-state index contributed by atoms with van der Waals surface area (Å²) in [5, 5.41) is 9.80. The van der Waals surface area contributed by atoms with Crippen molar-refractivity contribution in [3.63, 3.8) is 0 Å². The monoisotopic (exact) mass is 443 g/mol. The molecule has 0 atom stereocenters. The summed E-state index contributed by atoms with van der Waals surface area (Å²) in [5.41, 5.74) is 5.02. The molecular weight excluding hydrogens is 421 g/mol. The minimum absolute atomic E-state index is 0.295. The molecule has 0 unspecified atom stereocenters. The Morgan fingerprint density at radius 3 is 2.18 bits per heavy atom. The standard InChI is InChI=1S/C26H22FN3O3/c1-31-22-7-5-4-6-17(22)14-30-15-20-25(16-8-10-18(27)11-9-16)28-29-26(20)19-12-23(32-2)24(33-3)13-21(19)30/h4-13,15H,14H2,1-3H3. The number of benzene rings is 3. The van der Waals surface area contributed by atoms with E-state index < -0.39 is 0 Å². The van der Waals surface area contributed by atoms with E-state index in [0.29, 0.717) is 23.7 Å². The maximum absolute atomic E-state index is 13.5. The van der Waals surface area contributed by atoms with Crippen LogP contribution in [-0.4, -0.2) is 36.1 Å². The molecule has 0 amide bonds. The lowest BCUT2D eigenvalue weighted by molar-refractivity contribution is 0.355. The van der Waals surface area contributed by atoms with Gasteiger partial charge in [-0.05, 0) is 36.4 Å². The number of halogens is 1. The molecule has 2 heterocycles. The van der Waals surface area contributed by atoms with Crippen LogP contribution >= 0.6 is 0 Å². The second kappa shape index (κ2) is 8.43. The molecule has 5 rings (SSSR count). The average Bonchev–Trinajstić information content (AvgIpc) is 3.28. The van der Waals surface area contributed by atoms with Gasteiger partial charge in [0.25, 0.3) is 0 Å². The Hall–Kier alpha value is -4.13. The Bertz CT molecular complexity index is 1410. The Morgan fingerprint density at radius 2 is 1.45 bits per heavy atom. The number of ether oxygens (including phenoxy) is 3. The molecule has 0 aromatic heterocycles. The highest BCUT2D eigenvalue weighted by Gasteiger charge is 2.22. The highest BCUT2D eigenvalue weighted by Crippen LogP contribution is 2.41. The van der Waals surface area contributed by atoms with E-state index in [9.17, 15) is 4.39 Å². The Morgan fingerprint density at radius 1 is 0.788 bits per heavy atom. The first-order valence-corrected chi connectivity index (χ1v) is 10.4. The lowest BCUT2D eigenvalue weighted by Gasteiger charge is -2.18. The fourth-order valence-electron chi connectivity index (χ4n) is 4.13. The minimum atomic E-state index is -0.295. The van der Waals surface area contributed by atoms with Gasteiger partial charge in [0.05, 0.1) is 33.4 Å². The quantitative estimate of drug-likeness (QED) is 0.351. The van der Waals surface area contributed by atoms with Crippen molar-refractivity contribution in [3.05, 3.63) is 78.2 Å². The molecule has 2 aliphatic heterocycles. The van der Waals surface area contributed by atoms with Crippen molar-refractivity contribution in [2.24, 2.45) is 0 Å². The number of rotatable bonds is 6. The molecule has 0 aliphatic carbocycles. The topological polar surface area (TPSA) is 58.4 Å². The van der Waals surface area contributed by atoms with Crippen molar-refractivity contribution in [2.45, 2.75) is 6.54 Å². The predicted octanol–water partition coefficient (Wildman–Crippen LogP) is 5.42. The zero-order chi connectivity index (χ0) is 22.9. The van der Waals surface area contributed by atoms with Crippen LogP contribution in [0.3, 0.4) is 0 Å². The molecular formula is C26H22FN3O3. The summed E-state index contributed by atoms with van der Waals surface area (Å²) in [4.78, 5) is 0. The van der Waals surface area contributed by atoms with Crippen molar-refractivity contribution < 1.29 is 18.6 Å². The van der Waals surface area contributed by atoms with Crippen LogP contribution < -0.4 is 14.2 Å². The molecule has 0 bridgehead atoms. The SMILES string of the molecule is COc1ccccc1Cn1cc2c(-c3ccc(F)cc3)nnc-2c2cc(OC)c(OC)cc21. The third kappa shape index (κ3) is 3.61. The van der Waals surface area contributed by atoms with E-state index in [1.807, 2.05) is 42.6 Å². The van der Waals surface area contributed by atoms with Crippen LogP contribution in [0.25, 0.3) is 33.4 Å². The normalized spacial score (nSPS) is 11.2. The first-order chi connectivity index (χ1) is 16.1. The fraction of sp³-hybridized carbons (Fsp3) is 0.154. The predicted molar refractivity (Wildman–Crippen MR) is 125 cm³/mol. The number of hydrogen-bond acceptors (Lipinski definition) is 5. The van der Waals surface area contributed by atoms with Gasteiger partial charge >= 0.3 is 0 Å². The van der Waals surface area contributed by atoms with E-state index in [4.69, 9.17) is 14.2 Å². The zero-order valence-corrected chi connectivity index (χ0v) is 18.5. The van der Waals surface area contributed by atoms with E-state index in [1.165, 1.54) is 12.1 Å². The smallest absolute Gasteiger partial charge is 0.162 e. The van der Waals surface area contributed by atoms with E-state index in [1.54, 1.807) is 33.5 Å². The average molecular weight is 443 g/mol. The van der Waals surface area contributed by atoms with Gasteiger partial charge in [0.2, 0.25) is 0 Å². The molecule has 2 aliphatic rings. The number of fused-ring (bicyclic) bond motifs is 3. The van der Waals surface area contributed by atoms with E-state index in [2.05, 4.69) is 14.8 Å². The van der Waals surface area contributed by atoms with Crippen LogP contribution in [0.2, 0.25) is 0 Å². The first kappa shape index (κ1) is 20.8. The number of methoxy groups -OCH3 is 3. The fourth-order valence-corrected chi connectivity index (χ4v) is 4.13. The van der Waals surface area contributed by atoms with Crippen LogP contribution in [0.5, 0.6) is 17.2 Å². The van der Waals surface area contributed by atoms with Gasteiger partial charge in [-0.1, -0.05) is 18.2 Å². The number of para-hydroxylation sites is 1. The summed E-state index contributed by atoms with van der Waals surface area (Å²) < 4.78 is 32.3. The molecule has 166 valence electrons. The molecule has 0 saturated carbocycles. The largest absolute Gasteiger partial charge is 0.496 e. The summed E-state index contributed by atoms with van der Waals surface area (Å²) in [6, 6.07) is 18.0. The van der Waals surface area contributed by atoms with Crippen LogP contribution in [-0.2, 0) is 6.54 Å². The molecule has 0 saturated heterocycles. The third-order valence-electron chi connectivity index (χ3n) is 5.76. The van der Waals surface area contributed by atoms with Gasteiger partial charge in [0.1, 0.15) is 23.0 Å². The molecule has 0 N–H and O–H groups in total. The lowest BCUT2D eigenvalue weighted by Crippen LogP contribution is -2.06. The van der Waals surface area contributed by atoms with Crippen molar-refractivity contribution in [1.29, 1.82) is 0 Å². The molecule has 0 radical (unpaired) electrons. The van der Waals surface area contributed by atoms with Crippen molar-refractivity contribution in [3.8, 4) is 39.8 Å². The van der Waals surface area contributed by atoms with Crippen molar-refractivity contribution in [1.82, 2.24) is 14.8 Å². The highest BCUT2D eigenvalue weighted by molar-refractivity contribution is 5.99. The zero-order valence-electron chi connectivity index (χ0n) is 18.5. The second-order valence-electron chi connectivity index (χ2n) is 7.61. The van der Waals surface area contributed by atoms with E-state index in [0.717, 1.165) is 39.0 Å². The Balaban J connectivity index is 1.78. The Labute approximate surface area is 190 Å². The lowest BCUT2D eigenvalue weighted by atomic mass is 10.0. The second-order valence-corrected chi connectivity index (χ2v) is 7.61. The van der Waals surface area contributed by atoms with E-state index >= 15 is 0 Å². The number of hydrogen-bond donors (Lipinski definition) is 0. The first-order valence-electron chi connectivity index (χ1n) is 10.4. The summed E-state index contributed by atoms with van der Waals surface area (Å²) in [5.74, 6) is 1.73. The van der Waals surface area contributed by atoms with Crippen LogP contribution in [0.15, 0.2) is 66.9 Å². The molecule has 33 heavy (non-hydrogen) atoms. The summed E-state index contributed by atoms with van der Waals surface area (Å²) >= 11 is 0. The molecule has 3 aromatic carbocycles. The van der Waals surface area contributed by atoms with Gasteiger partial charge < -0.3 is 18.8 Å². The van der Waals surface area contributed by atoms with Crippen LogP contribution in [0.4, 0.5) is 4.39 Å². The number of pyridine rings is 1. The van der Waals surface area contributed by atoms with Gasteiger partial charge in [0.15, 0.2) is 11.5 Å². The molecule has 7 heteroatoms. The van der Waals surface area contributed by atoms with Crippen LogP contribution in [0, 0.1) is 5.82 Å². The summed E-state index contributed by atoms with van der Waals surface area (Å²) in [6.45, 7) is 0.556. The van der Waals surface area contributed by atoms with Crippen LogP contribution in [0.1, 0.15) is 5.56 Å². The van der Waals surface area contributed by atoms with Gasteiger partial charge in [-0.25, -0.2) is 4.39 Å². The molecule has 0 fully saturated rings. The number of nitrogens with zero attached hydrogens (tertiary/aromatic N) is 3. The van der Waals surface area contributed by atoms with Gasteiger partial charge in [-0.2, -0.15) is 0 Å². The van der Waals surface area contributed by atoms with E-state index in [-0.39, 0.29) is 5.82 Å². The number of aromatic nitrogens is 3. The maximum atomic E-state index is 13.5. The maximum Gasteiger partial charge on any atom is 0.162 e. The molecule has 3 aromatic rings. The highest BCUT2D eigenvalue weighted by atomic mass is 19.1. The van der Waals surface area contributed by atoms with Crippen molar-refractivity contribution >= 4 is 10.9 Å². The molecule has 0 spiro atoms. The van der Waals surface area contributed by atoms with Gasteiger partial charge in [-0.3, -0.25) is 0 Å². The van der Waals surface area contributed by atoms with Crippen molar-refractivity contribution in [2.75, 3.05) is 21.3 Å². The Kier molecular flexibility index (Phi) is 5.30. The third-order valence-corrected chi connectivity index (χ3v) is 5.76. The molecule has 6 nitrogen and oxygen atoms in total. The minimum Gasteiger partial charge on any atom is -0.496 e. The summed E-state index contributed by atoms with van der Waals surface area (Å²) in [6.07, 6.45) is 2.02. The summed E-state index contributed by atoms with van der Waals surface area (Å²) in [7, 11) is 4.88.